The van der Waals surface area contributed by atoms with Crippen molar-refractivity contribution >= 4 is 29.5 Å². The Labute approximate surface area is 176 Å². The average molecular weight is 403 g/mol. The van der Waals surface area contributed by atoms with Gasteiger partial charge in [0.15, 0.2) is 0 Å². The third-order valence-electron chi connectivity index (χ3n) is 5.63. The van der Waals surface area contributed by atoms with E-state index in [-0.39, 0.29) is 30.2 Å². The maximum absolute atomic E-state index is 12.8. The highest BCUT2D eigenvalue weighted by atomic mass is 16.2. The molecule has 2 aromatic rings. The van der Waals surface area contributed by atoms with E-state index in [2.05, 4.69) is 5.32 Å². The Morgan fingerprint density at radius 3 is 2.57 bits per heavy atom. The first-order chi connectivity index (χ1) is 14.5. The lowest BCUT2D eigenvalue weighted by molar-refractivity contribution is -0.129. The molecule has 0 saturated carbocycles. The molecule has 2 aliphatic heterocycles. The molecule has 1 atom stereocenters. The molecule has 0 aromatic heterocycles. The molecule has 2 heterocycles. The number of benzene rings is 2. The number of carbonyl (C=O) groups is 3. The molecule has 1 fully saturated rings. The highest BCUT2D eigenvalue weighted by molar-refractivity contribution is 5.97. The minimum Gasteiger partial charge on any atom is -0.339 e. The van der Waals surface area contributed by atoms with Crippen LogP contribution in [0.15, 0.2) is 54.7 Å². The predicted molar refractivity (Wildman–Crippen MR) is 116 cm³/mol. The summed E-state index contributed by atoms with van der Waals surface area (Å²) >= 11 is 0. The van der Waals surface area contributed by atoms with E-state index in [4.69, 9.17) is 0 Å². The van der Waals surface area contributed by atoms with E-state index >= 15 is 0 Å². The standard InChI is InChI=1S/C24H25N3O3/c1-17(28)27-14-11-18-7-2-3-10-21(18)22(27)16-23(29)25-20-9-6-8-19(15-20)24(30)26-12-4-5-13-26/h2-3,6-11,14-15,22H,4-5,12-13,16H2,1H3,(H,25,29). The summed E-state index contributed by atoms with van der Waals surface area (Å²) in [5.74, 6) is -0.323. The van der Waals surface area contributed by atoms with Gasteiger partial charge in [0.1, 0.15) is 0 Å². The van der Waals surface area contributed by atoms with E-state index in [1.165, 1.54) is 6.92 Å². The van der Waals surface area contributed by atoms with Crippen molar-refractivity contribution in [3.05, 3.63) is 71.4 Å². The van der Waals surface area contributed by atoms with Gasteiger partial charge in [-0.1, -0.05) is 30.3 Å². The fraction of sp³-hybridized carbons (Fsp3) is 0.292. The van der Waals surface area contributed by atoms with E-state index in [1.54, 1.807) is 35.4 Å². The van der Waals surface area contributed by atoms with Crippen LogP contribution in [0.2, 0.25) is 0 Å². The van der Waals surface area contributed by atoms with Gasteiger partial charge in [0.2, 0.25) is 11.8 Å². The first-order valence-corrected chi connectivity index (χ1v) is 10.3. The molecular formula is C24H25N3O3. The van der Waals surface area contributed by atoms with Crippen molar-refractivity contribution in [3.8, 4) is 0 Å². The minimum absolute atomic E-state index is 0.00213. The molecule has 4 rings (SSSR count). The Morgan fingerprint density at radius 1 is 1.03 bits per heavy atom. The first-order valence-electron chi connectivity index (χ1n) is 10.3. The van der Waals surface area contributed by atoms with Crippen molar-refractivity contribution in [2.75, 3.05) is 18.4 Å². The zero-order chi connectivity index (χ0) is 21.1. The number of hydrogen-bond acceptors (Lipinski definition) is 3. The fourth-order valence-electron chi connectivity index (χ4n) is 4.13. The van der Waals surface area contributed by atoms with Crippen LogP contribution in [0.1, 0.15) is 53.7 Å². The van der Waals surface area contributed by atoms with Gasteiger partial charge in [-0.05, 0) is 48.2 Å². The lowest BCUT2D eigenvalue weighted by Crippen LogP contribution is -2.33. The predicted octanol–water partition coefficient (Wildman–Crippen LogP) is 3.83. The summed E-state index contributed by atoms with van der Waals surface area (Å²) in [6.07, 6.45) is 5.82. The average Bonchev–Trinajstić information content (AvgIpc) is 3.28. The number of anilines is 1. The Hall–Kier alpha value is -3.41. The second kappa shape index (κ2) is 8.53. The lowest BCUT2D eigenvalue weighted by atomic mass is 9.93. The van der Waals surface area contributed by atoms with Gasteiger partial charge < -0.3 is 15.1 Å². The van der Waals surface area contributed by atoms with Gasteiger partial charge in [-0.2, -0.15) is 0 Å². The van der Waals surface area contributed by atoms with Gasteiger partial charge >= 0.3 is 0 Å². The van der Waals surface area contributed by atoms with Crippen LogP contribution in [-0.2, 0) is 9.59 Å². The third kappa shape index (κ3) is 4.13. The summed E-state index contributed by atoms with van der Waals surface area (Å²) in [7, 11) is 0. The van der Waals surface area contributed by atoms with E-state index in [0.29, 0.717) is 11.3 Å². The SMILES string of the molecule is CC(=O)N1C=Cc2ccccc2C1CC(=O)Nc1cccc(C(=O)N2CCCC2)c1. The van der Waals surface area contributed by atoms with Crippen molar-refractivity contribution in [3.63, 3.8) is 0 Å². The molecule has 154 valence electrons. The Kier molecular flexibility index (Phi) is 5.65. The number of nitrogens with zero attached hydrogens (tertiary/aromatic N) is 2. The van der Waals surface area contributed by atoms with Crippen molar-refractivity contribution in [2.24, 2.45) is 0 Å². The summed E-state index contributed by atoms with van der Waals surface area (Å²) in [6, 6.07) is 14.4. The van der Waals surface area contributed by atoms with E-state index in [9.17, 15) is 14.4 Å². The quantitative estimate of drug-likeness (QED) is 0.844. The van der Waals surface area contributed by atoms with Crippen LogP contribution in [-0.4, -0.2) is 40.6 Å². The maximum atomic E-state index is 12.8. The first kappa shape index (κ1) is 19.9. The van der Waals surface area contributed by atoms with Crippen LogP contribution < -0.4 is 5.32 Å². The summed E-state index contributed by atoms with van der Waals surface area (Å²) in [5, 5.41) is 2.89. The monoisotopic (exact) mass is 403 g/mol. The number of nitrogens with one attached hydrogen (secondary N) is 1. The molecule has 6 nitrogen and oxygen atoms in total. The van der Waals surface area contributed by atoms with Crippen LogP contribution in [0.25, 0.3) is 6.08 Å². The zero-order valence-corrected chi connectivity index (χ0v) is 17.0. The summed E-state index contributed by atoms with van der Waals surface area (Å²) in [5.41, 5.74) is 3.11. The number of carbonyl (C=O) groups excluding carboxylic acids is 3. The molecule has 3 amide bonds. The van der Waals surface area contributed by atoms with Crippen LogP contribution in [0, 0.1) is 0 Å². The second-order valence-electron chi connectivity index (χ2n) is 7.72. The molecule has 1 saturated heterocycles. The molecule has 0 spiro atoms. The van der Waals surface area contributed by atoms with E-state index < -0.39 is 0 Å². The van der Waals surface area contributed by atoms with Gasteiger partial charge in [-0.15, -0.1) is 0 Å². The molecule has 0 radical (unpaired) electrons. The minimum atomic E-state index is -0.363. The molecule has 2 aromatic carbocycles. The lowest BCUT2D eigenvalue weighted by Gasteiger charge is -2.32. The van der Waals surface area contributed by atoms with Crippen molar-refractivity contribution < 1.29 is 14.4 Å². The molecule has 30 heavy (non-hydrogen) atoms. The van der Waals surface area contributed by atoms with Crippen LogP contribution in [0.3, 0.4) is 0 Å². The third-order valence-corrected chi connectivity index (χ3v) is 5.63. The van der Waals surface area contributed by atoms with Crippen LogP contribution >= 0.6 is 0 Å². The molecule has 2 aliphatic rings. The number of amides is 3. The van der Waals surface area contributed by atoms with Gasteiger partial charge in [0, 0.05) is 37.5 Å². The molecule has 1 unspecified atom stereocenters. The van der Waals surface area contributed by atoms with Crippen molar-refractivity contribution in [2.45, 2.75) is 32.2 Å². The molecule has 1 N–H and O–H groups in total. The largest absolute Gasteiger partial charge is 0.339 e. The highest BCUT2D eigenvalue weighted by Gasteiger charge is 2.28. The number of hydrogen-bond donors (Lipinski definition) is 1. The normalized spacial score (nSPS) is 17.6. The fourth-order valence-corrected chi connectivity index (χ4v) is 4.13. The van der Waals surface area contributed by atoms with Crippen LogP contribution in [0.5, 0.6) is 0 Å². The van der Waals surface area contributed by atoms with Crippen molar-refractivity contribution in [1.29, 1.82) is 0 Å². The Bertz CT molecular complexity index is 1010. The smallest absolute Gasteiger partial charge is 0.253 e. The maximum Gasteiger partial charge on any atom is 0.253 e. The van der Waals surface area contributed by atoms with Gasteiger partial charge in [-0.25, -0.2) is 0 Å². The van der Waals surface area contributed by atoms with E-state index in [1.807, 2.05) is 35.2 Å². The summed E-state index contributed by atoms with van der Waals surface area (Å²) < 4.78 is 0. The second-order valence-corrected chi connectivity index (χ2v) is 7.72. The van der Waals surface area contributed by atoms with Gasteiger partial charge in [0.05, 0.1) is 12.5 Å². The highest BCUT2D eigenvalue weighted by Crippen LogP contribution is 2.33. The topological polar surface area (TPSA) is 69.7 Å². The van der Waals surface area contributed by atoms with Crippen LogP contribution in [0.4, 0.5) is 5.69 Å². The molecular weight excluding hydrogens is 378 g/mol. The van der Waals surface area contributed by atoms with Gasteiger partial charge in [-0.3, -0.25) is 14.4 Å². The Morgan fingerprint density at radius 2 is 1.80 bits per heavy atom. The summed E-state index contributed by atoms with van der Waals surface area (Å²) in [6.45, 7) is 3.06. The number of fused-ring (bicyclic) bond motifs is 1. The van der Waals surface area contributed by atoms with Gasteiger partial charge in [0.25, 0.3) is 5.91 Å². The Balaban J connectivity index is 1.49. The molecule has 0 aliphatic carbocycles. The zero-order valence-electron chi connectivity index (χ0n) is 17.0. The number of likely N-dealkylation sites (tertiary alicyclic amines) is 1. The molecule has 6 heteroatoms. The van der Waals surface area contributed by atoms with Crippen molar-refractivity contribution in [1.82, 2.24) is 9.80 Å². The molecule has 0 bridgehead atoms. The summed E-state index contributed by atoms with van der Waals surface area (Å²) in [4.78, 5) is 41.0. The number of rotatable bonds is 4. The van der Waals surface area contributed by atoms with E-state index in [0.717, 1.165) is 37.1 Å².